The van der Waals surface area contributed by atoms with Crippen molar-refractivity contribution in [3.05, 3.63) is 46.2 Å². The lowest BCUT2D eigenvalue weighted by molar-refractivity contribution is 0.101. The van der Waals surface area contributed by atoms with E-state index in [1.54, 1.807) is 52.5 Å². The molecule has 31 heavy (non-hydrogen) atoms. The topological polar surface area (TPSA) is 77.5 Å². The van der Waals surface area contributed by atoms with Crippen LogP contribution in [0.25, 0.3) is 6.08 Å². The van der Waals surface area contributed by atoms with Crippen LogP contribution in [0.15, 0.2) is 24.0 Å². The van der Waals surface area contributed by atoms with Gasteiger partial charge in [-0.3, -0.25) is 9.69 Å². The SMILES string of the molecule is CCN(CC)Cc1c(O)cc(C)c2c1O/C(=C\c1cc(OC)c(OC)cc1OC)C2=O. The van der Waals surface area contributed by atoms with E-state index in [2.05, 4.69) is 18.7 Å². The second-order valence-corrected chi connectivity index (χ2v) is 7.25. The fraction of sp³-hybridized carbons (Fsp3) is 0.375. The number of hydrogen-bond acceptors (Lipinski definition) is 7. The molecule has 1 aliphatic heterocycles. The normalized spacial score (nSPS) is 14.0. The number of allylic oxidation sites excluding steroid dienone is 1. The second kappa shape index (κ2) is 9.31. The number of Topliss-reactive ketones (excluding diaryl/α,β-unsaturated/α-hetero) is 1. The number of rotatable bonds is 8. The van der Waals surface area contributed by atoms with E-state index in [4.69, 9.17) is 18.9 Å². The first kappa shape index (κ1) is 22.5. The van der Waals surface area contributed by atoms with Gasteiger partial charge in [0.25, 0.3) is 0 Å². The summed E-state index contributed by atoms with van der Waals surface area (Å²) in [5.41, 5.74) is 2.37. The average molecular weight is 427 g/mol. The maximum Gasteiger partial charge on any atom is 0.232 e. The van der Waals surface area contributed by atoms with Crippen LogP contribution in [0, 0.1) is 6.92 Å². The van der Waals surface area contributed by atoms with Gasteiger partial charge in [0.2, 0.25) is 5.78 Å². The molecule has 1 aliphatic rings. The molecule has 0 fully saturated rings. The van der Waals surface area contributed by atoms with Crippen molar-refractivity contribution in [1.29, 1.82) is 0 Å². The summed E-state index contributed by atoms with van der Waals surface area (Å²) < 4.78 is 22.2. The Morgan fingerprint density at radius 3 is 2.19 bits per heavy atom. The molecule has 2 aromatic carbocycles. The Kier molecular flexibility index (Phi) is 6.75. The smallest absolute Gasteiger partial charge is 0.232 e. The van der Waals surface area contributed by atoms with Crippen molar-refractivity contribution in [2.45, 2.75) is 27.3 Å². The third-order valence-corrected chi connectivity index (χ3v) is 5.52. The first-order chi connectivity index (χ1) is 14.9. The maximum atomic E-state index is 13.2. The molecule has 0 unspecified atom stereocenters. The highest BCUT2D eigenvalue weighted by molar-refractivity contribution is 6.16. The molecule has 7 nitrogen and oxygen atoms in total. The molecular formula is C24H29NO6. The molecule has 0 amide bonds. The van der Waals surface area contributed by atoms with Crippen LogP contribution >= 0.6 is 0 Å². The van der Waals surface area contributed by atoms with Gasteiger partial charge >= 0.3 is 0 Å². The highest BCUT2D eigenvalue weighted by Gasteiger charge is 2.33. The van der Waals surface area contributed by atoms with E-state index >= 15 is 0 Å². The van der Waals surface area contributed by atoms with Crippen molar-refractivity contribution in [2.24, 2.45) is 0 Å². The van der Waals surface area contributed by atoms with Gasteiger partial charge in [-0.25, -0.2) is 0 Å². The minimum Gasteiger partial charge on any atom is -0.507 e. The van der Waals surface area contributed by atoms with Crippen LogP contribution in [0.4, 0.5) is 0 Å². The van der Waals surface area contributed by atoms with Gasteiger partial charge in [0.15, 0.2) is 17.3 Å². The summed E-state index contributed by atoms with van der Waals surface area (Å²) in [6.45, 7) is 8.02. The standard InChI is InChI=1S/C24H29NO6/c1-7-25(8-2)13-16-17(26)9-14(3)22-23(27)21(31-24(16)22)11-15-10-19(29-5)20(30-6)12-18(15)28-4/h9-12,26H,7-8,13H2,1-6H3/b21-11-. The number of phenols is 1. The van der Waals surface area contributed by atoms with E-state index in [9.17, 15) is 9.90 Å². The third kappa shape index (κ3) is 4.18. The molecule has 0 aromatic heterocycles. The van der Waals surface area contributed by atoms with E-state index in [0.29, 0.717) is 51.8 Å². The number of nitrogens with zero attached hydrogens (tertiary/aromatic N) is 1. The van der Waals surface area contributed by atoms with Gasteiger partial charge in [0, 0.05) is 18.2 Å². The molecule has 7 heteroatoms. The number of phenolic OH excluding ortho intramolecular Hbond substituents is 1. The number of ether oxygens (including phenoxy) is 4. The van der Waals surface area contributed by atoms with Crippen LogP contribution in [-0.4, -0.2) is 50.2 Å². The number of methoxy groups -OCH3 is 3. The first-order valence-electron chi connectivity index (χ1n) is 10.2. The van der Waals surface area contributed by atoms with Gasteiger partial charge in [-0.15, -0.1) is 0 Å². The summed E-state index contributed by atoms with van der Waals surface area (Å²) in [5, 5.41) is 10.6. The molecule has 166 valence electrons. The summed E-state index contributed by atoms with van der Waals surface area (Å²) in [6, 6.07) is 5.05. The molecule has 0 radical (unpaired) electrons. The molecule has 0 spiro atoms. The summed E-state index contributed by atoms with van der Waals surface area (Å²) >= 11 is 0. The second-order valence-electron chi connectivity index (χ2n) is 7.25. The largest absolute Gasteiger partial charge is 0.507 e. The van der Waals surface area contributed by atoms with Gasteiger partial charge in [0.1, 0.15) is 17.2 Å². The zero-order valence-electron chi connectivity index (χ0n) is 18.9. The van der Waals surface area contributed by atoms with Crippen LogP contribution in [0.2, 0.25) is 0 Å². The summed E-state index contributed by atoms with van der Waals surface area (Å²) in [7, 11) is 4.63. The van der Waals surface area contributed by atoms with Gasteiger partial charge in [-0.1, -0.05) is 13.8 Å². The van der Waals surface area contributed by atoms with Gasteiger partial charge in [-0.05, 0) is 43.8 Å². The lowest BCUT2D eigenvalue weighted by atomic mass is 9.99. The molecule has 0 saturated carbocycles. The Hall–Kier alpha value is -3.19. The minimum atomic E-state index is -0.231. The van der Waals surface area contributed by atoms with Crippen LogP contribution in [0.3, 0.4) is 0 Å². The predicted octanol–water partition coefficient (Wildman–Crippen LogP) is 4.18. The van der Waals surface area contributed by atoms with E-state index < -0.39 is 0 Å². The van der Waals surface area contributed by atoms with Crippen molar-refractivity contribution < 1.29 is 28.8 Å². The van der Waals surface area contributed by atoms with E-state index in [1.165, 1.54) is 0 Å². The van der Waals surface area contributed by atoms with Crippen molar-refractivity contribution >= 4 is 11.9 Å². The first-order valence-corrected chi connectivity index (χ1v) is 10.2. The number of benzene rings is 2. The Labute approximate surface area is 182 Å². The molecule has 0 aliphatic carbocycles. The van der Waals surface area contributed by atoms with Gasteiger partial charge < -0.3 is 24.1 Å². The fourth-order valence-corrected chi connectivity index (χ4v) is 3.71. The van der Waals surface area contributed by atoms with Crippen molar-refractivity contribution in [3.8, 4) is 28.7 Å². The molecular weight excluding hydrogens is 398 g/mol. The lowest BCUT2D eigenvalue weighted by Gasteiger charge is -2.20. The number of ketones is 1. The summed E-state index contributed by atoms with van der Waals surface area (Å²) in [4.78, 5) is 15.4. The molecule has 0 saturated heterocycles. The van der Waals surface area contributed by atoms with Gasteiger partial charge in [0.05, 0.1) is 32.5 Å². The zero-order valence-corrected chi connectivity index (χ0v) is 18.9. The fourth-order valence-electron chi connectivity index (χ4n) is 3.71. The van der Waals surface area contributed by atoms with Crippen LogP contribution in [0.1, 0.15) is 40.9 Å². The Morgan fingerprint density at radius 2 is 1.61 bits per heavy atom. The Balaban J connectivity index is 2.09. The molecule has 0 atom stereocenters. The number of carbonyl (C=O) groups excluding carboxylic acids is 1. The number of fused-ring (bicyclic) bond motifs is 1. The quantitative estimate of drug-likeness (QED) is 0.633. The van der Waals surface area contributed by atoms with Crippen LogP contribution < -0.4 is 18.9 Å². The molecule has 1 N–H and O–H groups in total. The molecule has 1 heterocycles. The summed E-state index contributed by atoms with van der Waals surface area (Å²) in [5.74, 6) is 2.02. The van der Waals surface area contributed by atoms with Crippen LogP contribution in [0.5, 0.6) is 28.7 Å². The number of aryl methyl sites for hydroxylation is 1. The lowest BCUT2D eigenvalue weighted by Crippen LogP contribution is -2.22. The molecule has 3 rings (SSSR count). The number of aromatic hydroxyl groups is 1. The van der Waals surface area contributed by atoms with Crippen LogP contribution in [-0.2, 0) is 6.54 Å². The van der Waals surface area contributed by atoms with E-state index in [0.717, 1.165) is 13.1 Å². The van der Waals surface area contributed by atoms with E-state index in [-0.39, 0.29) is 17.3 Å². The zero-order chi connectivity index (χ0) is 22.7. The predicted molar refractivity (Wildman–Crippen MR) is 119 cm³/mol. The van der Waals surface area contributed by atoms with Crippen molar-refractivity contribution in [3.63, 3.8) is 0 Å². The highest BCUT2D eigenvalue weighted by Crippen LogP contribution is 2.43. The Morgan fingerprint density at radius 1 is 1.00 bits per heavy atom. The summed E-state index contributed by atoms with van der Waals surface area (Å²) in [6.07, 6.45) is 1.63. The number of carbonyl (C=O) groups is 1. The van der Waals surface area contributed by atoms with E-state index in [1.807, 2.05) is 0 Å². The maximum absolute atomic E-state index is 13.2. The molecule has 2 aromatic rings. The van der Waals surface area contributed by atoms with Gasteiger partial charge in [-0.2, -0.15) is 0 Å². The molecule has 0 bridgehead atoms. The Bertz CT molecular complexity index is 1020. The third-order valence-electron chi connectivity index (χ3n) is 5.52. The number of hydrogen-bond donors (Lipinski definition) is 1. The average Bonchev–Trinajstić information content (AvgIpc) is 3.09. The highest BCUT2D eigenvalue weighted by atomic mass is 16.5. The monoisotopic (exact) mass is 427 g/mol. The van der Waals surface area contributed by atoms with Crippen molar-refractivity contribution in [1.82, 2.24) is 4.90 Å². The van der Waals surface area contributed by atoms with Crippen molar-refractivity contribution in [2.75, 3.05) is 34.4 Å². The minimum absolute atomic E-state index is 0.126.